The van der Waals surface area contributed by atoms with Crippen LogP contribution in [0.2, 0.25) is 0 Å². The molecule has 1 atom stereocenters. The number of hydrogen-bond acceptors (Lipinski definition) is 2. The van der Waals surface area contributed by atoms with Gasteiger partial charge in [-0.2, -0.15) is 0 Å². The maximum absolute atomic E-state index is 11.9. The second kappa shape index (κ2) is 4.97. The van der Waals surface area contributed by atoms with E-state index < -0.39 is 0 Å². The van der Waals surface area contributed by atoms with Gasteiger partial charge in [0.2, 0.25) is 0 Å². The van der Waals surface area contributed by atoms with Gasteiger partial charge in [-0.25, -0.2) is 0 Å². The van der Waals surface area contributed by atoms with Crippen molar-refractivity contribution in [3.63, 3.8) is 0 Å². The SMILES string of the molecule is Cc1ccc(C(=O)N[C@H]2CCNC2)cc1Br. The smallest absolute Gasteiger partial charge is 0.251 e. The van der Waals surface area contributed by atoms with Crippen molar-refractivity contribution in [3.05, 3.63) is 33.8 Å². The van der Waals surface area contributed by atoms with Gasteiger partial charge in [0.15, 0.2) is 0 Å². The molecule has 1 aliphatic rings. The standard InChI is InChI=1S/C12H15BrN2O/c1-8-2-3-9(6-11(8)13)12(16)15-10-4-5-14-7-10/h2-3,6,10,14H,4-5,7H2,1H3,(H,15,16)/t10-/m0/s1. The van der Waals surface area contributed by atoms with Crippen LogP contribution in [0.1, 0.15) is 22.3 Å². The lowest BCUT2D eigenvalue weighted by Crippen LogP contribution is -2.36. The number of carbonyl (C=O) groups is 1. The van der Waals surface area contributed by atoms with Crippen LogP contribution in [0.3, 0.4) is 0 Å². The van der Waals surface area contributed by atoms with Crippen molar-refractivity contribution in [1.82, 2.24) is 10.6 Å². The Labute approximate surface area is 104 Å². The first-order valence-electron chi connectivity index (χ1n) is 5.44. The third kappa shape index (κ3) is 2.62. The molecule has 0 saturated carbocycles. The number of carbonyl (C=O) groups excluding carboxylic acids is 1. The number of amides is 1. The molecule has 3 nitrogen and oxygen atoms in total. The van der Waals surface area contributed by atoms with Crippen molar-refractivity contribution < 1.29 is 4.79 Å². The van der Waals surface area contributed by atoms with Crippen LogP contribution in [0.15, 0.2) is 22.7 Å². The van der Waals surface area contributed by atoms with Crippen LogP contribution in [0.25, 0.3) is 0 Å². The number of aryl methyl sites for hydroxylation is 1. The average Bonchev–Trinajstić information content (AvgIpc) is 2.74. The molecule has 86 valence electrons. The van der Waals surface area contributed by atoms with Crippen molar-refractivity contribution in [2.75, 3.05) is 13.1 Å². The summed E-state index contributed by atoms with van der Waals surface area (Å²) in [6, 6.07) is 5.95. The highest BCUT2D eigenvalue weighted by atomic mass is 79.9. The van der Waals surface area contributed by atoms with Gasteiger partial charge in [0.05, 0.1) is 0 Å². The molecular formula is C12H15BrN2O. The summed E-state index contributed by atoms with van der Waals surface area (Å²) < 4.78 is 0.977. The Bertz CT molecular complexity index is 400. The first-order chi connectivity index (χ1) is 7.66. The predicted molar refractivity (Wildman–Crippen MR) is 67.6 cm³/mol. The fourth-order valence-electron chi connectivity index (χ4n) is 1.78. The van der Waals surface area contributed by atoms with Gasteiger partial charge >= 0.3 is 0 Å². The molecule has 1 fully saturated rings. The summed E-state index contributed by atoms with van der Waals surface area (Å²) >= 11 is 3.43. The molecule has 4 heteroatoms. The van der Waals surface area contributed by atoms with E-state index in [2.05, 4.69) is 26.6 Å². The average molecular weight is 283 g/mol. The van der Waals surface area contributed by atoms with E-state index in [1.54, 1.807) is 0 Å². The molecule has 1 aliphatic heterocycles. The molecule has 0 spiro atoms. The van der Waals surface area contributed by atoms with Crippen molar-refractivity contribution in [2.45, 2.75) is 19.4 Å². The summed E-state index contributed by atoms with van der Waals surface area (Å²) in [5.74, 6) is 0.00870. The first-order valence-corrected chi connectivity index (χ1v) is 6.24. The zero-order chi connectivity index (χ0) is 11.5. The van der Waals surface area contributed by atoms with E-state index in [1.165, 1.54) is 0 Å². The molecule has 1 heterocycles. The lowest BCUT2D eigenvalue weighted by molar-refractivity contribution is 0.0940. The minimum Gasteiger partial charge on any atom is -0.348 e. The number of nitrogens with one attached hydrogen (secondary N) is 2. The van der Waals surface area contributed by atoms with Crippen molar-refractivity contribution in [1.29, 1.82) is 0 Å². The molecule has 1 aromatic carbocycles. The van der Waals surface area contributed by atoms with E-state index in [4.69, 9.17) is 0 Å². The van der Waals surface area contributed by atoms with Gasteiger partial charge in [-0.15, -0.1) is 0 Å². The molecule has 0 bridgehead atoms. The first kappa shape index (κ1) is 11.6. The Morgan fingerprint density at radius 3 is 3.00 bits per heavy atom. The minimum atomic E-state index is 0.00870. The Morgan fingerprint density at radius 2 is 2.38 bits per heavy atom. The fraction of sp³-hybridized carbons (Fsp3) is 0.417. The van der Waals surface area contributed by atoms with Crippen molar-refractivity contribution in [2.24, 2.45) is 0 Å². The van der Waals surface area contributed by atoms with Crippen LogP contribution in [-0.4, -0.2) is 25.0 Å². The summed E-state index contributed by atoms with van der Waals surface area (Å²) in [4.78, 5) is 11.9. The van der Waals surface area contributed by atoms with E-state index in [1.807, 2.05) is 25.1 Å². The van der Waals surface area contributed by atoms with Gasteiger partial charge in [-0.05, 0) is 37.6 Å². The van der Waals surface area contributed by atoms with Gasteiger partial charge < -0.3 is 10.6 Å². The lowest BCUT2D eigenvalue weighted by Gasteiger charge is -2.11. The van der Waals surface area contributed by atoms with Gasteiger partial charge in [-0.1, -0.05) is 22.0 Å². The van der Waals surface area contributed by atoms with Crippen LogP contribution in [0, 0.1) is 6.92 Å². The maximum Gasteiger partial charge on any atom is 0.251 e. The second-order valence-electron chi connectivity index (χ2n) is 4.13. The summed E-state index contributed by atoms with van der Waals surface area (Å²) in [7, 11) is 0. The Kier molecular flexibility index (Phi) is 3.61. The van der Waals surface area contributed by atoms with Crippen molar-refractivity contribution in [3.8, 4) is 0 Å². The number of hydrogen-bond donors (Lipinski definition) is 2. The summed E-state index contributed by atoms with van der Waals surface area (Å²) in [5, 5.41) is 6.25. The van der Waals surface area contributed by atoms with E-state index >= 15 is 0 Å². The molecule has 0 aliphatic carbocycles. The Morgan fingerprint density at radius 1 is 1.56 bits per heavy atom. The third-order valence-electron chi connectivity index (χ3n) is 2.83. The van der Waals surface area contributed by atoms with Gasteiger partial charge in [-0.3, -0.25) is 4.79 Å². The van der Waals surface area contributed by atoms with E-state index in [-0.39, 0.29) is 11.9 Å². The molecule has 1 saturated heterocycles. The molecule has 2 N–H and O–H groups in total. The van der Waals surface area contributed by atoms with Crippen LogP contribution < -0.4 is 10.6 Å². The second-order valence-corrected chi connectivity index (χ2v) is 4.98. The fourth-order valence-corrected chi connectivity index (χ4v) is 2.16. The molecule has 0 aromatic heterocycles. The molecule has 2 rings (SSSR count). The molecule has 1 amide bonds. The Hall–Kier alpha value is -0.870. The molecule has 0 unspecified atom stereocenters. The lowest BCUT2D eigenvalue weighted by atomic mass is 10.1. The zero-order valence-corrected chi connectivity index (χ0v) is 10.8. The quantitative estimate of drug-likeness (QED) is 0.869. The summed E-state index contributed by atoms with van der Waals surface area (Å²) in [5.41, 5.74) is 1.85. The number of benzene rings is 1. The van der Waals surface area contributed by atoms with E-state index in [0.717, 1.165) is 29.5 Å². The van der Waals surface area contributed by atoms with E-state index in [9.17, 15) is 4.79 Å². The summed E-state index contributed by atoms with van der Waals surface area (Å²) in [6.45, 7) is 3.87. The van der Waals surface area contributed by atoms with Gasteiger partial charge in [0.1, 0.15) is 0 Å². The topological polar surface area (TPSA) is 41.1 Å². The number of halogens is 1. The molecule has 16 heavy (non-hydrogen) atoms. The van der Waals surface area contributed by atoms with Crippen LogP contribution in [0.4, 0.5) is 0 Å². The van der Waals surface area contributed by atoms with E-state index in [0.29, 0.717) is 5.56 Å². The van der Waals surface area contributed by atoms with Gasteiger partial charge in [0, 0.05) is 22.6 Å². The normalized spacial score (nSPS) is 19.8. The molecular weight excluding hydrogens is 268 g/mol. The maximum atomic E-state index is 11.9. The predicted octanol–water partition coefficient (Wildman–Crippen LogP) is 1.85. The van der Waals surface area contributed by atoms with Gasteiger partial charge in [0.25, 0.3) is 5.91 Å². The van der Waals surface area contributed by atoms with Crippen LogP contribution in [0.5, 0.6) is 0 Å². The highest BCUT2D eigenvalue weighted by molar-refractivity contribution is 9.10. The molecule has 1 aromatic rings. The zero-order valence-electron chi connectivity index (χ0n) is 9.22. The monoisotopic (exact) mass is 282 g/mol. The summed E-state index contributed by atoms with van der Waals surface area (Å²) in [6.07, 6.45) is 1.01. The van der Waals surface area contributed by atoms with Crippen molar-refractivity contribution >= 4 is 21.8 Å². The number of rotatable bonds is 2. The highest BCUT2D eigenvalue weighted by Crippen LogP contribution is 2.17. The van der Waals surface area contributed by atoms with Crippen LogP contribution >= 0.6 is 15.9 Å². The minimum absolute atomic E-state index is 0.00870. The largest absolute Gasteiger partial charge is 0.348 e. The Balaban J connectivity index is 2.05. The highest BCUT2D eigenvalue weighted by Gasteiger charge is 2.17. The third-order valence-corrected chi connectivity index (χ3v) is 3.68. The molecule has 0 radical (unpaired) electrons. The van der Waals surface area contributed by atoms with Crippen LogP contribution in [-0.2, 0) is 0 Å².